The van der Waals surface area contributed by atoms with E-state index in [2.05, 4.69) is 0 Å². The Morgan fingerprint density at radius 3 is 1.69 bits per heavy atom. The van der Waals surface area contributed by atoms with Crippen LogP contribution in [-0.2, 0) is 0 Å². The minimum atomic E-state index is -1.13. The topological polar surface area (TPSA) is 74.6 Å². The monoisotopic (exact) mass is 189 g/mol. The van der Waals surface area contributed by atoms with Crippen molar-refractivity contribution in [3.8, 4) is 0 Å². The van der Waals surface area contributed by atoms with Crippen LogP contribution in [0.5, 0.6) is 0 Å². The van der Waals surface area contributed by atoms with Gasteiger partial charge in [-0.15, -0.1) is 0 Å². The SMILES string of the molecule is O=C(O)c1cccc(C(=O)O)c1.[Na]. The molecule has 0 unspecified atom stereocenters. The molecular formula is C8H6NaO4. The minimum absolute atomic E-state index is 0. The second-order valence-corrected chi connectivity index (χ2v) is 2.19. The van der Waals surface area contributed by atoms with Gasteiger partial charge in [0.25, 0.3) is 0 Å². The normalized spacial score (nSPS) is 8.62. The minimum Gasteiger partial charge on any atom is -0.478 e. The summed E-state index contributed by atoms with van der Waals surface area (Å²) < 4.78 is 0. The number of aromatic carboxylic acids is 2. The van der Waals surface area contributed by atoms with Crippen LogP contribution in [0.1, 0.15) is 20.7 Å². The number of benzene rings is 1. The van der Waals surface area contributed by atoms with Gasteiger partial charge in [-0.1, -0.05) is 6.07 Å². The Morgan fingerprint density at radius 1 is 1.00 bits per heavy atom. The summed E-state index contributed by atoms with van der Waals surface area (Å²) in [5.41, 5.74) is -0.0372. The number of hydrogen-bond donors (Lipinski definition) is 2. The molecule has 1 radical (unpaired) electrons. The molecule has 0 atom stereocenters. The van der Waals surface area contributed by atoms with Crippen molar-refractivity contribution < 1.29 is 19.8 Å². The van der Waals surface area contributed by atoms with Crippen molar-refractivity contribution in [3.05, 3.63) is 35.4 Å². The molecule has 0 aliphatic heterocycles. The van der Waals surface area contributed by atoms with Crippen molar-refractivity contribution in [1.82, 2.24) is 0 Å². The average molecular weight is 189 g/mol. The van der Waals surface area contributed by atoms with E-state index in [1.54, 1.807) is 0 Å². The summed E-state index contributed by atoms with van der Waals surface area (Å²) in [5, 5.41) is 17.0. The van der Waals surface area contributed by atoms with Crippen LogP contribution in [0.25, 0.3) is 0 Å². The Labute approximate surface area is 96.5 Å². The Kier molecular flexibility index (Phi) is 4.69. The van der Waals surface area contributed by atoms with Crippen LogP contribution in [0.4, 0.5) is 0 Å². The van der Waals surface area contributed by atoms with Crippen LogP contribution in [0.3, 0.4) is 0 Å². The van der Waals surface area contributed by atoms with Crippen molar-refractivity contribution in [2.24, 2.45) is 0 Å². The molecule has 1 aromatic carbocycles. The third-order valence-corrected chi connectivity index (χ3v) is 1.36. The first-order chi connectivity index (χ1) is 5.61. The second kappa shape index (κ2) is 5.01. The Bertz CT molecular complexity index is 305. The fourth-order valence-electron chi connectivity index (χ4n) is 0.785. The maximum Gasteiger partial charge on any atom is 0.335 e. The predicted molar refractivity (Wildman–Crippen MR) is 46.1 cm³/mol. The molecule has 0 fully saturated rings. The largest absolute Gasteiger partial charge is 0.478 e. The molecule has 2 N–H and O–H groups in total. The van der Waals surface area contributed by atoms with Gasteiger partial charge in [0.2, 0.25) is 0 Å². The zero-order valence-electron chi connectivity index (χ0n) is 7.02. The molecule has 0 saturated heterocycles. The van der Waals surface area contributed by atoms with Crippen LogP contribution in [0.15, 0.2) is 24.3 Å². The molecule has 0 aliphatic rings. The van der Waals surface area contributed by atoms with Crippen molar-refractivity contribution >= 4 is 41.5 Å². The smallest absolute Gasteiger partial charge is 0.335 e. The molecular weight excluding hydrogens is 183 g/mol. The molecule has 1 rings (SSSR count). The van der Waals surface area contributed by atoms with E-state index in [0.29, 0.717) is 0 Å². The van der Waals surface area contributed by atoms with Gasteiger partial charge in [0.1, 0.15) is 0 Å². The fraction of sp³-hybridized carbons (Fsp3) is 0. The van der Waals surface area contributed by atoms with Gasteiger partial charge in [-0.3, -0.25) is 0 Å². The van der Waals surface area contributed by atoms with Crippen LogP contribution < -0.4 is 0 Å². The average Bonchev–Trinajstić information content (AvgIpc) is 2.04. The van der Waals surface area contributed by atoms with Crippen molar-refractivity contribution in [2.45, 2.75) is 0 Å². The maximum absolute atomic E-state index is 10.4. The van der Waals surface area contributed by atoms with E-state index in [1.807, 2.05) is 0 Å². The first-order valence-electron chi connectivity index (χ1n) is 3.18. The summed E-state index contributed by atoms with van der Waals surface area (Å²) in [6.45, 7) is 0. The summed E-state index contributed by atoms with van der Waals surface area (Å²) in [5.74, 6) is -2.25. The molecule has 0 amide bonds. The number of hydrogen-bond acceptors (Lipinski definition) is 2. The molecule has 13 heavy (non-hydrogen) atoms. The van der Waals surface area contributed by atoms with Crippen molar-refractivity contribution in [1.29, 1.82) is 0 Å². The first kappa shape index (κ1) is 12.2. The fourth-order valence-corrected chi connectivity index (χ4v) is 0.785. The van der Waals surface area contributed by atoms with Crippen LogP contribution in [0, 0.1) is 0 Å². The van der Waals surface area contributed by atoms with Crippen molar-refractivity contribution in [3.63, 3.8) is 0 Å². The number of rotatable bonds is 2. The van der Waals surface area contributed by atoms with E-state index in [-0.39, 0.29) is 40.7 Å². The number of carboxylic acids is 2. The van der Waals surface area contributed by atoms with Gasteiger partial charge in [0.15, 0.2) is 0 Å². The molecule has 0 saturated carbocycles. The molecule has 63 valence electrons. The van der Waals surface area contributed by atoms with E-state index < -0.39 is 11.9 Å². The van der Waals surface area contributed by atoms with E-state index in [1.165, 1.54) is 18.2 Å². The third-order valence-electron chi connectivity index (χ3n) is 1.36. The van der Waals surface area contributed by atoms with Gasteiger partial charge in [-0.05, 0) is 18.2 Å². The standard InChI is InChI=1S/C8H6O4.Na/c9-7(10)5-2-1-3-6(4-5)8(11)12;/h1-4H,(H,9,10)(H,11,12);. The summed E-state index contributed by atoms with van der Waals surface area (Å²) in [7, 11) is 0. The van der Waals surface area contributed by atoms with Gasteiger partial charge in [0, 0.05) is 29.6 Å². The molecule has 1 aromatic rings. The Hall–Kier alpha value is -0.840. The maximum atomic E-state index is 10.4. The van der Waals surface area contributed by atoms with Gasteiger partial charge in [-0.2, -0.15) is 0 Å². The van der Waals surface area contributed by atoms with E-state index in [4.69, 9.17) is 10.2 Å². The molecule has 0 aliphatic carbocycles. The second-order valence-electron chi connectivity index (χ2n) is 2.19. The summed E-state index contributed by atoms with van der Waals surface area (Å²) >= 11 is 0. The number of carboxylic acid groups (broad SMARTS) is 2. The number of carbonyl (C=O) groups is 2. The quantitative estimate of drug-likeness (QED) is 0.671. The summed E-state index contributed by atoms with van der Waals surface area (Å²) in [6, 6.07) is 5.20. The van der Waals surface area contributed by atoms with Crippen LogP contribution in [-0.4, -0.2) is 51.7 Å². The zero-order valence-corrected chi connectivity index (χ0v) is 9.02. The van der Waals surface area contributed by atoms with Crippen molar-refractivity contribution in [2.75, 3.05) is 0 Å². The zero-order chi connectivity index (χ0) is 9.14. The first-order valence-corrected chi connectivity index (χ1v) is 3.18. The Morgan fingerprint density at radius 2 is 1.38 bits per heavy atom. The molecule has 0 heterocycles. The van der Waals surface area contributed by atoms with Gasteiger partial charge < -0.3 is 10.2 Å². The molecule has 0 spiro atoms. The van der Waals surface area contributed by atoms with E-state index in [9.17, 15) is 9.59 Å². The molecule has 0 aromatic heterocycles. The van der Waals surface area contributed by atoms with Gasteiger partial charge in [0.05, 0.1) is 11.1 Å². The summed E-state index contributed by atoms with van der Waals surface area (Å²) in [6.07, 6.45) is 0. The molecule has 5 heteroatoms. The van der Waals surface area contributed by atoms with Gasteiger partial charge in [-0.25, -0.2) is 9.59 Å². The van der Waals surface area contributed by atoms with Crippen LogP contribution >= 0.6 is 0 Å². The van der Waals surface area contributed by atoms with Crippen LogP contribution in [0.2, 0.25) is 0 Å². The Balaban J connectivity index is 0.00000144. The van der Waals surface area contributed by atoms with E-state index in [0.717, 1.165) is 6.07 Å². The summed E-state index contributed by atoms with van der Waals surface area (Å²) in [4.78, 5) is 20.8. The van der Waals surface area contributed by atoms with Gasteiger partial charge >= 0.3 is 11.9 Å². The molecule has 4 nitrogen and oxygen atoms in total. The van der Waals surface area contributed by atoms with E-state index >= 15 is 0 Å². The predicted octanol–water partition coefficient (Wildman–Crippen LogP) is 0.702. The third kappa shape index (κ3) is 3.18. The molecule has 0 bridgehead atoms.